The SMILES string of the molecule is C[C@H]1CCCN1C[C@@H]1CC1c1ccc(-n2ncccc2=O)cc1. The fraction of sp³-hybridized carbons (Fsp3) is 0.474. The second-order valence-corrected chi connectivity index (χ2v) is 6.95. The van der Waals surface area contributed by atoms with Gasteiger partial charge in [-0.3, -0.25) is 4.79 Å². The van der Waals surface area contributed by atoms with E-state index in [1.807, 2.05) is 12.1 Å². The molecular formula is C19H23N3O. The van der Waals surface area contributed by atoms with Gasteiger partial charge in [-0.1, -0.05) is 12.1 Å². The molecule has 1 saturated heterocycles. The van der Waals surface area contributed by atoms with Crippen molar-refractivity contribution >= 4 is 0 Å². The van der Waals surface area contributed by atoms with Gasteiger partial charge in [0.1, 0.15) is 0 Å². The molecule has 2 heterocycles. The highest BCUT2D eigenvalue weighted by Gasteiger charge is 2.40. The van der Waals surface area contributed by atoms with Crippen LogP contribution in [-0.4, -0.2) is 33.8 Å². The van der Waals surface area contributed by atoms with Gasteiger partial charge in [0.25, 0.3) is 5.56 Å². The van der Waals surface area contributed by atoms with Crippen molar-refractivity contribution in [3.63, 3.8) is 0 Å². The van der Waals surface area contributed by atoms with Crippen LogP contribution in [0.2, 0.25) is 0 Å². The van der Waals surface area contributed by atoms with Crippen LogP contribution in [0.3, 0.4) is 0 Å². The van der Waals surface area contributed by atoms with Crippen molar-refractivity contribution in [3.8, 4) is 5.69 Å². The first kappa shape index (κ1) is 14.6. The second kappa shape index (κ2) is 5.93. The summed E-state index contributed by atoms with van der Waals surface area (Å²) in [6, 6.07) is 12.3. The lowest BCUT2D eigenvalue weighted by molar-refractivity contribution is 0.256. The molecule has 0 amide bonds. The molecule has 4 heteroatoms. The lowest BCUT2D eigenvalue weighted by atomic mass is 10.1. The molecule has 1 aliphatic heterocycles. The highest BCUT2D eigenvalue weighted by atomic mass is 16.1. The molecule has 4 rings (SSSR count). The third-order valence-corrected chi connectivity index (χ3v) is 5.36. The van der Waals surface area contributed by atoms with Crippen molar-refractivity contribution < 1.29 is 0 Å². The minimum Gasteiger partial charge on any atom is -0.300 e. The van der Waals surface area contributed by atoms with Gasteiger partial charge in [-0.15, -0.1) is 0 Å². The molecule has 0 bridgehead atoms. The van der Waals surface area contributed by atoms with E-state index in [-0.39, 0.29) is 5.56 Å². The van der Waals surface area contributed by atoms with Crippen molar-refractivity contribution in [1.82, 2.24) is 14.7 Å². The summed E-state index contributed by atoms with van der Waals surface area (Å²) in [5, 5.41) is 4.13. The van der Waals surface area contributed by atoms with E-state index in [0.29, 0.717) is 5.92 Å². The molecule has 2 fully saturated rings. The maximum Gasteiger partial charge on any atom is 0.271 e. The molecule has 0 radical (unpaired) electrons. The first-order chi connectivity index (χ1) is 11.2. The zero-order valence-corrected chi connectivity index (χ0v) is 13.6. The van der Waals surface area contributed by atoms with Gasteiger partial charge in [-0.2, -0.15) is 9.78 Å². The average molecular weight is 309 g/mol. The molecule has 0 spiro atoms. The van der Waals surface area contributed by atoms with Crippen molar-refractivity contribution in [1.29, 1.82) is 0 Å². The fourth-order valence-electron chi connectivity index (χ4n) is 3.84. The monoisotopic (exact) mass is 309 g/mol. The topological polar surface area (TPSA) is 38.1 Å². The lowest BCUT2D eigenvalue weighted by Crippen LogP contribution is -2.29. The molecule has 2 aromatic rings. The Kier molecular flexibility index (Phi) is 3.77. The zero-order chi connectivity index (χ0) is 15.8. The van der Waals surface area contributed by atoms with E-state index in [2.05, 4.69) is 29.1 Å². The Labute approximate surface area is 136 Å². The number of nitrogens with zero attached hydrogens (tertiary/aromatic N) is 3. The van der Waals surface area contributed by atoms with Crippen molar-refractivity contribution in [2.75, 3.05) is 13.1 Å². The van der Waals surface area contributed by atoms with E-state index in [4.69, 9.17) is 0 Å². The molecule has 1 aromatic carbocycles. The molecule has 120 valence electrons. The Hall–Kier alpha value is -1.94. The summed E-state index contributed by atoms with van der Waals surface area (Å²) in [6.45, 7) is 4.86. The van der Waals surface area contributed by atoms with Crippen LogP contribution in [0.5, 0.6) is 0 Å². The summed E-state index contributed by atoms with van der Waals surface area (Å²) in [4.78, 5) is 14.5. The van der Waals surface area contributed by atoms with E-state index < -0.39 is 0 Å². The Balaban J connectivity index is 1.44. The summed E-state index contributed by atoms with van der Waals surface area (Å²) in [7, 11) is 0. The van der Waals surface area contributed by atoms with Gasteiger partial charge in [-0.25, -0.2) is 0 Å². The molecule has 3 atom stereocenters. The number of hydrogen-bond acceptors (Lipinski definition) is 3. The molecule has 1 aromatic heterocycles. The van der Waals surface area contributed by atoms with Crippen LogP contribution in [0.25, 0.3) is 5.69 Å². The van der Waals surface area contributed by atoms with E-state index in [0.717, 1.165) is 17.6 Å². The van der Waals surface area contributed by atoms with Crippen LogP contribution < -0.4 is 5.56 Å². The Bertz CT molecular complexity index is 737. The Morgan fingerprint density at radius 3 is 2.74 bits per heavy atom. The molecule has 1 unspecified atom stereocenters. The van der Waals surface area contributed by atoms with Gasteiger partial charge < -0.3 is 4.90 Å². The predicted molar refractivity (Wildman–Crippen MR) is 91.0 cm³/mol. The number of rotatable bonds is 4. The third kappa shape index (κ3) is 2.95. The first-order valence-corrected chi connectivity index (χ1v) is 8.61. The molecule has 1 saturated carbocycles. The minimum atomic E-state index is -0.0902. The summed E-state index contributed by atoms with van der Waals surface area (Å²) >= 11 is 0. The summed E-state index contributed by atoms with van der Waals surface area (Å²) in [6.07, 6.45) is 5.65. The normalized spacial score (nSPS) is 27.3. The molecule has 2 aliphatic rings. The quantitative estimate of drug-likeness (QED) is 0.871. The Morgan fingerprint density at radius 1 is 1.22 bits per heavy atom. The fourth-order valence-corrected chi connectivity index (χ4v) is 3.84. The van der Waals surface area contributed by atoms with Crippen LogP contribution >= 0.6 is 0 Å². The Morgan fingerprint density at radius 2 is 2.04 bits per heavy atom. The van der Waals surface area contributed by atoms with Crippen LogP contribution in [0.1, 0.15) is 37.7 Å². The number of hydrogen-bond donors (Lipinski definition) is 0. The highest BCUT2D eigenvalue weighted by molar-refractivity contribution is 5.37. The smallest absolute Gasteiger partial charge is 0.271 e. The maximum atomic E-state index is 11.8. The minimum absolute atomic E-state index is 0.0902. The molecule has 23 heavy (non-hydrogen) atoms. The molecular weight excluding hydrogens is 286 g/mol. The first-order valence-electron chi connectivity index (χ1n) is 8.61. The van der Waals surface area contributed by atoms with Crippen LogP contribution in [-0.2, 0) is 0 Å². The lowest BCUT2D eigenvalue weighted by Gasteiger charge is -2.20. The molecule has 4 nitrogen and oxygen atoms in total. The number of aromatic nitrogens is 2. The van der Waals surface area contributed by atoms with Gasteiger partial charge in [-0.05, 0) is 68.3 Å². The number of likely N-dealkylation sites (tertiary alicyclic amines) is 1. The van der Waals surface area contributed by atoms with Gasteiger partial charge in [0.15, 0.2) is 0 Å². The van der Waals surface area contributed by atoms with Gasteiger partial charge in [0.2, 0.25) is 0 Å². The largest absolute Gasteiger partial charge is 0.300 e. The second-order valence-electron chi connectivity index (χ2n) is 6.95. The van der Waals surface area contributed by atoms with Crippen molar-refractivity contribution in [2.45, 2.75) is 38.1 Å². The van der Waals surface area contributed by atoms with Gasteiger partial charge >= 0.3 is 0 Å². The van der Waals surface area contributed by atoms with Crippen LogP contribution in [0.4, 0.5) is 0 Å². The van der Waals surface area contributed by atoms with Crippen LogP contribution in [0, 0.1) is 5.92 Å². The maximum absolute atomic E-state index is 11.8. The van der Waals surface area contributed by atoms with E-state index in [9.17, 15) is 4.79 Å². The highest BCUT2D eigenvalue weighted by Crippen LogP contribution is 2.48. The van der Waals surface area contributed by atoms with E-state index >= 15 is 0 Å². The number of benzene rings is 1. The third-order valence-electron chi connectivity index (χ3n) is 5.36. The van der Waals surface area contributed by atoms with Crippen LogP contribution in [0.15, 0.2) is 47.4 Å². The van der Waals surface area contributed by atoms with Gasteiger partial charge in [0, 0.05) is 24.8 Å². The van der Waals surface area contributed by atoms with Crippen molar-refractivity contribution in [2.24, 2.45) is 5.92 Å². The zero-order valence-electron chi connectivity index (χ0n) is 13.6. The molecule has 0 N–H and O–H groups in total. The van der Waals surface area contributed by atoms with Gasteiger partial charge in [0.05, 0.1) is 5.69 Å². The molecule has 1 aliphatic carbocycles. The summed E-state index contributed by atoms with van der Waals surface area (Å²) in [5.41, 5.74) is 2.15. The average Bonchev–Trinajstić information content (AvgIpc) is 3.22. The van der Waals surface area contributed by atoms with Crippen molar-refractivity contribution in [3.05, 3.63) is 58.5 Å². The van der Waals surface area contributed by atoms with E-state index in [1.54, 1.807) is 12.3 Å². The summed E-state index contributed by atoms with van der Waals surface area (Å²) < 4.78 is 1.44. The predicted octanol–water partition coefficient (Wildman–Crippen LogP) is 2.82. The summed E-state index contributed by atoms with van der Waals surface area (Å²) in [5.74, 6) is 1.50. The van der Waals surface area contributed by atoms with E-state index in [1.165, 1.54) is 48.7 Å². The standard InChI is InChI=1S/C19H23N3O/c1-14-4-3-11-21(14)13-16-12-18(16)15-6-8-17(9-7-15)22-19(23)5-2-10-20-22/h2,5-10,14,16,18H,3-4,11-13H2,1H3/t14-,16-,18?/m0/s1.